The molecule has 2 aromatic heterocycles. The molecule has 2 heterocycles. The molecule has 0 fully saturated rings. The van der Waals surface area contributed by atoms with Gasteiger partial charge in [-0.2, -0.15) is 0 Å². The first-order chi connectivity index (χ1) is 15.0. The van der Waals surface area contributed by atoms with Crippen molar-refractivity contribution < 1.29 is 53.4 Å². The molecule has 0 radical (unpaired) electrons. The fourth-order valence-electron chi connectivity index (χ4n) is 3.87. The van der Waals surface area contributed by atoms with Crippen molar-refractivity contribution in [3.8, 4) is 0 Å². The number of hydrogen-bond donors (Lipinski definition) is 2. The molecule has 2 rings (SSSR count). The maximum Gasteiger partial charge on any atom is 0.495 e. The van der Waals surface area contributed by atoms with E-state index in [0.717, 1.165) is 39.0 Å². The van der Waals surface area contributed by atoms with Gasteiger partial charge in [0, 0.05) is 12.7 Å². The van der Waals surface area contributed by atoms with Gasteiger partial charge >= 0.3 is 8.80 Å². The number of imidazole rings is 2. The molecule has 0 aromatic carbocycles. The molecule has 0 atom stereocenters. The zero-order valence-electron chi connectivity index (χ0n) is 20.9. The Morgan fingerprint density at radius 1 is 0.735 bits per heavy atom. The van der Waals surface area contributed by atoms with Crippen molar-refractivity contribution in [2.45, 2.75) is 104 Å². The zero-order chi connectivity index (χ0) is 22.4. The number of unbranched alkanes of at least 4 members (excludes halogenated alkanes) is 6. The second-order valence-electron chi connectivity index (χ2n) is 8.53. The third-order valence-electron chi connectivity index (χ3n) is 5.64. The molecule has 2 aromatic rings. The Balaban J connectivity index is 0. The summed E-state index contributed by atoms with van der Waals surface area (Å²) in [4.78, 5) is 19.5. The molecule has 0 bridgehead atoms. The minimum Gasteiger partial charge on any atom is -1.00 e. The van der Waals surface area contributed by atoms with Crippen LogP contribution in [0, 0.1) is 0 Å². The van der Waals surface area contributed by atoms with Gasteiger partial charge in [0.2, 0.25) is 12.7 Å². The van der Waals surface area contributed by atoms with Crippen LogP contribution in [0.5, 0.6) is 0 Å². The largest absolute Gasteiger partial charge is 1.00 e. The van der Waals surface area contributed by atoms with Gasteiger partial charge < -0.3 is 44.3 Å². The van der Waals surface area contributed by atoms with E-state index in [9.17, 15) is 9.59 Å². The van der Waals surface area contributed by atoms with Gasteiger partial charge in [-0.3, -0.25) is 0 Å². The van der Waals surface area contributed by atoms with E-state index in [2.05, 4.69) is 62.6 Å². The first-order valence-corrected chi connectivity index (χ1v) is 14.2. The van der Waals surface area contributed by atoms with Gasteiger partial charge in [-0.05, 0) is 39.0 Å². The maximum absolute atomic E-state index is 9.77. The summed E-state index contributed by atoms with van der Waals surface area (Å²) in [6.45, 7) is 8.37. The third-order valence-corrected chi connectivity index (χ3v) is 7.40. The van der Waals surface area contributed by atoms with Crippen molar-refractivity contribution in [3.05, 3.63) is 37.4 Å². The summed E-state index contributed by atoms with van der Waals surface area (Å²) in [6.07, 6.45) is 23.9. The van der Waals surface area contributed by atoms with Crippen LogP contribution in [-0.4, -0.2) is 39.6 Å². The van der Waals surface area contributed by atoms with Gasteiger partial charge in [-0.1, -0.05) is 32.6 Å². The van der Waals surface area contributed by atoms with Crippen molar-refractivity contribution in [2.75, 3.05) is 6.61 Å². The third kappa shape index (κ3) is 15.1. The smallest absolute Gasteiger partial charge is 0.495 e. The van der Waals surface area contributed by atoms with E-state index in [1.807, 2.05) is 0 Å². The van der Waals surface area contributed by atoms with Crippen molar-refractivity contribution >= 4 is 8.80 Å². The average Bonchev–Trinajstić information content (AvgIpc) is 3.37. The first kappa shape index (κ1) is 35.2. The number of hydrogen-bond acceptors (Lipinski definition) is 3. The molecule has 0 amide bonds. The summed E-state index contributed by atoms with van der Waals surface area (Å²) in [5.74, 6) is 0. The summed E-state index contributed by atoms with van der Waals surface area (Å²) in [5, 5.41) is 0. The molecular weight excluding hydrogens is 495 g/mol. The Morgan fingerprint density at radius 2 is 1.24 bits per heavy atom. The minimum absolute atomic E-state index is 0. The summed E-state index contributed by atoms with van der Waals surface area (Å²) >= 11 is 0. The van der Waals surface area contributed by atoms with E-state index < -0.39 is 8.80 Å². The van der Waals surface area contributed by atoms with Crippen LogP contribution in [0.2, 0.25) is 6.04 Å². The number of rotatable bonds is 18. The summed E-state index contributed by atoms with van der Waals surface area (Å²) in [7, 11) is -3.45. The molecule has 0 spiro atoms. The van der Waals surface area contributed by atoms with Gasteiger partial charge in [-0.15, -0.1) is 0 Å². The SMILES string of the molecule is CCCCCCCC[n+]1ccn(CCCCn2cc[n+](CCC[Si](O)(O)OCC)c2)c1.O.[Cl-].[Cl-]. The average molecular weight is 542 g/mol. The van der Waals surface area contributed by atoms with E-state index in [1.54, 1.807) is 6.92 Å². The molecule has 11 heteroatoms. The number of nitrogens with zero attached hydrogens (tertiary/aromatic N) is 4. The van der Waals surface area contributed by atoms with E-state index >= 15 is 0 Å². The lowest BCUT2D eigenvalue weighted by Gasteiger charge is -2.15. The van der Waals surface area contributed by atoms with Crippen LogP contribution in [0.15, 0.2) is 37.4 Å². The normalized spacial score (nSPS) is 10.9. The van der Waals surface area contributed by atoms with E-state index in [-0.39, 0.29) is 30.3 Å². The molecular formula is C23H46Cl2N4O4Si. The van der Waals surface area contributed by atoms with Crippen molar-refractivity contribution in [1.82, 2.24) is 9.13 Å². The van der Waals surface area contributed by atoms with Crippen LogP contribution in [0.3, 0.4) is 0 Å². The van der Waals surface area contributed by atoms with Gasteiger partial charge in [0.05, 0.1) is 26.2 Å². The zero-order valence-corrected chi connectivity index (χ0v) is 23.4. The van der Waals surface area contributed by atoms with Crippen LogP contribution in [0.1, 0.15) is 71.6 Å². The lowest BCUT2D eigenvalue weighted by atomic mass is 10.1. The molecule has 0 saturated heterocycles. The van der Waals surface area contributed by atoms with Crippen molar-refractivity contribution in [2.24, 2.45) is 0 Å². The fraction of sp³-hybridized carbons (Fsp3) is 0.739. The van der Waals surface area contributed by atoms with Gasteiger partial charge in [-0.25, -0.2) is 18.3 Å². The van der Waals surface area contributed by atoms with E-state index in [0.29, 0.717) is 19.1 Å². The van der Waals surface area contributed by atoms with Crippen LogP contribution < -0.4 is 33.9 Å². The Kier molecular flexibility index (Phi) is 21.0. The van der Waals surface area contributed by atoms with Crippen molar-refractivity contribution in [1.29, 1.82) is 0 Å². The highest BCUT2D eigenvalue weighted by Crippen LogP contribution is 2.07. The second-order valence-corrected chi connectivity index (χ2v) is 10.8. The minimum atomic E-state index is -3.45. The molecule has 0 saturated carbocycles. The van der Waals surface area contributed by atoms with Crippen LogP contribution in [-0.2, 0) is 30.6 Å². The van der Waals surface area contributed by atoms with Crippen LogP contribution in [0.4, 0.5) is 0 Å². The predicted molar refractivity (Wildman–Crippen MR) is 127 cm³/mol. The van der Waals surface area contributed by atoms with Crippen molar-refractivity contribution in [3.63, 3.8) is 0 Å². The second kappa shape index (κ2) is 20.3. The number of aromatic nitrogens is 4. The Labute approximate surface area is 219 Å². The molecule has 0 aliphatic heterocycles. The standard InChI is InChI=1S/C23H44N4O3Si.2ClH.H2O/c1-3-5-6-7-8-9-13-24-17-18-25(22-24)14-10-11-15-26-19-20-27(23-26)16-12-21-31(28,29)30-4-2;;;/h17-20,22-23,28-29H,3-16,21H2,1-2H3;2*1H;1H2/q+2;;;/p-2. The summed E-state index contributed by atoms with van der Waals surface area (Å²) in [6, 6.07) is 0.342. The van der Waals surface area contributed by atoms with Gasteiger partial charge in [0.25, 0.3) is 0 Å². The maximum atomic E-state index is 9.77. The van der Waals surface area contributed by atoms with Gasteiger partial charge in [0.15, 0.2) is 0 Å². The van der Waals surface area contributed by atoms with Gasteiger partial charge in [0.1, 0.15) is 24.8 Å². The molecule has 0 aliphatic carbocycles. The Hall–Kier alpha value is -0.943. The van der Waals surface area contributed by atoms with Crippen LogP contribution >= 0.6 is 0 Å². The summed E-state index contributed by atoms with van der Waals surface area (Å²) in [5.41, 5.74) is 0. The molecule has 200 valence electrons. The first-order valence-electron chi connectivity index (χ1n) is 12.2. The predicted octanol–water partition coefficient (Wildman–Crippen LogP) is -3.76. The Bertz CT molecular complexity index is 731. The van der Waals surface area contributed by atoms with E-state index in [1.165, 1.54) is 38.5 Å². The molecule has 0 unspecified atom stereocenters. The molecule has 34 heavy (non-hydrogen) atoms. The Morgan fingerprint density at radius 3 is 1.76 bits per heavy atom. The molecule has 8 nitrogen and oxygen atoms in total. The quantitative estimate of drug-likeness (QED) is 0.115. The topological polar surface area (TPSA) is 98.8 Å². The highest BCUT2D eigenvalue weighted by molar-refractivity contribution is 6.57. The lowest BCUT2D eigenvalue weighted by molar-refractivity contribution is -0.697. The molecule has 0 aliphatic rings. The molecule has 4 N–H and O–H groups in total. The highest BCUT2D eigenvalue weighted by Gasteiger charge is 2.31. The number of halogens is 2. The van der Waals surface area contributed by atoms with Crippen LogP contribution in [0.25, 0.3) is 0 Å². The van der Waals surface area contributed by atoms with E-state index in [4.69, 9.17) is 4.43 Å². The number of aryl methyl sites for hydroxylation is 4. The fourth-order valence-corrected chi connectivity index (χ4v) is 5.09. The highest BCUT2D eigenvalue weighted by atomic mass is 35.5. The monoisotopic (exact) mass is 540 g/mol. The lowest BCUT2D eigenvalue weighted by Crippen LogP contribution is -3.00. The summed E-state index contributed by atoms with van der Waals surface area (Å²) < 4.78 is 14.0.